The Morgan fingerprint density at radius 2 is 2.00 bits per heavy atom. The molecule has 2 rings (SSSR count). The number of hydrogen-bond donors (Lipinski definition) is 3. The van der Waals surface area contributed by atoms with Crippen molar-refractivity contribution >= 4 is 23.5 Å². The number of carbonyl (C=O) groups excluding carboxylic acids is 2. The molecule has 1 aromatic carbocycles. The van der Waals surface area contributed by atoms with Crippen molar-refractivity contribution in [2.24, 2.45) is 0 Å². The van der Waals surface area contributed by atoms with Gasteiger partial charge in [-0.2, -0.15) is 0 Å². The van der Waals surface area contributed by atoms with E-state index >= 15 is 0 Å². The number of para-hydroxylation sites is 1. The molecule has 3 N–H and O–H groups in total. The van der Waals surface area contributed by atoms with Gasteiger partial charge in [-0.3, -0.25) is 25.2 Å². The van der Waals surface area contributed by atoms with Gasteiger partial charge < -0.3 is 10.0 Å². The highest BCUT2D eigenvalue weighted by atomic mass is 16.4. The average molecular weight is 291 g/mol. The number of aliphatic carboxylic acids is 1. The molecule has 0 fully saturated rings. The number of nitrogens with zero attached hydrogens (tertiary/aromatic N) is 1. The van der Waals surface area contributed by atoms with Gasteiger partial charge in [-0.1, -0.05) is 18.2 Å². The van der Waals surface area contributed by atoms with Gasteiger partial charge in [-0.25, -0.2) is 0 Å². The molecule has 1 heterocycles. The molecule has 0 saturated heterocycles. The number of amides is 2. The Morgan fingerprint density at radius 3 is 2.67 bits per heavy atom. The maximum absolute atomic E-state index is 11.8. The summed E-state index contributed by atoms with van der Waals surface area (Å²) in [5.74, 6) is -2.11. The maximum Gasteiger partial charge on any atom is 0.311 e. The molecular weight excluding hydrogens is 274 g/mol. The molecule has 2 amide bonds. The smallest absolute Gasteiger partial charge is 0.311 e. The first-order valence-electron chi connectivity index (χ1n) is 6.61. The van der Waals surface area contributed by atoms with Crippen LogP contribution in [0, 0.1) is 0 Å². The Morgan fingerprint density at radius 1 is 1.29 bits per heavy atom. The monoisotopic (exact) mass is 291 g/mol. The zero-order valence-electron chi connectivity index (χ0n) is 11.6. The number of hydrogen-bond acceptors (Lipinski definition) is 4. The first-order valence-corrected chi connectivity index (χ1v) is 6.61. The van der Waals surface area contributed by atoms with Gasteiger partial charge in [-0.15, -0.1) is 0 Å². The lowest BCUT2D eigenvalue weighted by molar-refractivity contribution is -0.139. The summed E-state index contributed by atoms with van der Waals surface area (Å²) in [5, 5.41) is 9.25. The quantitative estimate of drug-likeness (QED) is 0.693. The lowest BCUT2D eigenvalue weighted by Crippen LogP contribution is -2.47. The number of hydrazine groups is 1. The molecule has 0 aromatic heterocycles. The van der Waals surface area contributed by atoms with E-state index in [9.17, 15) is 19.5 Å². The van der Waals surface area contributed by atoms with E-state index in [1.165, 1.54) is 6.92 Å². The second kappa shape index (κ2) is 6.25. The van der Waals surface area contributed by atoms with E-state index in [-0.39, 0.29) is 18.4 Å². The largest absolute Gasteiger partial charge is 0.481 e. The van der Waals surface area contributed by atoms with Crippen LogP contribution in [-0.2, 0) is 14.4 Å². The van der Waals surface area contributed by atoms with Gasteiger partial charge in [0.2, 0.25) is 5.91 Å². The Hall–Kier alpha value is -2.57. The molecule has 1 aliphatic heterocycles. The minimum Gasteiger partial charge on any atom is -0.481 e. The van der Waals surface area contributed by atoms with Gasteiger partial charge >= 0.3 is 5.97 Å². The van der Waals surface area contributed by atoms with Crippen molar-refractivity contribution in [2.45, 2.75) is 19.3 Å². The molecule has 7 nitrogen and oxygen atoms in total. The minimum absolute atomic E-state index is 0.0592. The van der Waals surface area contributed by atoms with E-state index in [0.717, 1.165) is 5.69 Å². The molecule has 7 heteroatoms. The van der Waals surface area contributed by atoms with Gasteiger partial charge in [0, 0.05) is 19.2 Å². The van der Waals surface area contributed by atoms with Crippen LogP contribution in [0.5, 0.6) is 0 Å². The molecule has 112 valence electrons. The third-order valence-electron chi connectivity index (χ3n) is 3.35. The highest BCUT2D eigenvalue weighted by molar-refractivity contribution is 5.86. The van der Waals surface area contributed by atoms with Crippen LogP contribution in [0.3, 0.4) is 0 Å². The number of nitrogens with one attached hydrogen (secondary N) is 2. The molecule has 1 atom stereocenters. The van der Waals surface area contributed by atoms with Crippen LogP contribution in [0.1, 0.15) is 24.8 Å². The predicted molar refractivity (Wildman–Crippen MR) is 75.6 cm³/mol. The summed E-state index contributed by atoms with van der Waals surface area (Å²) < 4.78 is 0. The van der Waals surface area contributed by atoms with E-state index in [1.807, 2.05) is 11.0 Å². The number of anilines is 1. The van der Waals surface area contributed by atoms with E-state index in [4.69, 9.17) is 0 Å². The number of carboxylic acid groups (broad SMARTS) is 1. The van der Waals surface area contributed by atoms with E-state index < -0.39 is 11.9 Å². The van der Waals surface area contributed by atoms with Crippen LogP contribution in [0.2, 0.25) is 0 Å². The number of carboxylic acids is 1. The van der Waals surface area contributed by atoms with Crippen molar-refractivity contribution in [1.82, 2.24) is 10.9 Å². The van der Waals surface area contributed by atoms with Crippen LogP contribution in [0.4, 0.5) is 5.69 Å². The van der Waals surface area contributed by atoms with Crippen LogP contribution in [-0.4, -0.2) is 36.0 Å². The number of rotatable bonds is 3. The molecule has 0 saturated carbocycles. The number of carbonyl (C=O) groups is 3. The van der Waals surface area contributed by atoms with Crippen LogP contribution in [0.25, 0.3) is 0 Å². The van der Waals surface area contributed by atoms with Gasteiger partial charge in [-0.05, 0) is 18.1 Å². The summed E-state index contributed by atoms with van der Waals surface area (Å²) in [7, 11) is 0. The maximum atomic E-state index is 11.8. The highest BCUT2D eigenvalue weighted by Gasteiger charge is 2.30. The van der Waals surface area contributed by atoms with Gasteiger partial charge in [0.05, 0.1) is 12.5 Å². The first-order chi connectivity index (χ1) is 9.99. The average Bonchev–Trinajstić information content (AvgIpc) is 2.45. The minimum atomic E-state index is -0.857. The second-order valence-electron chi connectivity index (χ2n) is 4.89. The lowest BCUT2D eigenvalue weighted by Gasteiger charge is -2.33. The summed E-state index contributed by atoms with van der Waals surface area (Å²) in [5.41, 5.74) is 5.98. The van der Waals surface area contributed by atoms with Crippen LogP contribution >= 0.6 is 0 Å². The summed E-state index contributed by atoms with van der Waals surface area (Å²) in [4.78, 5) is 35.6. The Kier molecular flexibility index (Phi) is 4.42. The van der Waals surface area contributed by atoms with Gasteiger partial charge in [0.25, 0.3) is 5.91 Å². The molecule has 1 aliphatic rings. The van der Waals surface area contributed by atoms with Crippen LogP contribution in [0.15, 0.2) is 24.3 Å². The van der Waals surface area contributed by atoms with Crippen molar-refractivity contribution < 1.29 is 19.5 Å². The molecule has 21 heavy (non-hydrogen) atoms. The highest BCUT2D eigenvalue weighted by Crippen LogP contribution is 2.34. The molecule has 0 radical (unpaired) electrons. The molecule has 0 bridgehead atoms. The Balaban J connectivity index is 2.12. The van der Waals surface area contributed by atoms with Gasteiger partial charge in [0.15, 0.2) is 0 Å². The third kappa shape index (κ3) is 3.50. The van der Waals surface area contributed by atoms with Crippen molar-refractivity contribution in [3.8, 4) is 0 Å². The van der Waals surface area contributed by atoms with Crippen molar-refractivity contribution in [1.29, 1.82) is 0 Å². The summed E-state index contributed by atoms with van der Waals surface area (Å²) in [6, 6.07) is 7.17. The van der Waals surface area contributed by atoms with E-state index in [2.05, 4.69) is 10.9 Å². The fourth-order valence-corrected chi connectivity index (χ4v) is 2.42. The lowest BCUT2D eigenvalue weighted by atomic mass is 9.90. The first kappa shape index (κ1) is 14.8. The normalized spacial score (nSPS) is 16.8. The molecular formula is C14H17N3O4. The molecule has 1 aromatic rings. The van der Waals surface area contributed by atoms with E-state index in [1.54, 1.807) is 18.2 Å². The van der Waals surface area contributed by atoms with Crippen molar-refractivity contribution in [3.05, 3.63) is 29.8 Å². The summed E-state index contributed by atoms with van der Waals surface area (Å²) in [6.07, 6.45) is 0.444. The topological polar surface area (TPSA) is 98.7 Å². The van der Waals surface area contributed by atoms with Crippen LogP contribution < -0.4 is 15.8 Å². The molecule has 1 unspecified atom stereocenters. The second-order valence-corrected chi connectivity index (χ2v) is 4.89. The van der Waals surface area contributed by atoms with E-state index in [0.29, 0.717) is 18.5 Å². The summed E-state index contributed by atoms with van der Waals surface area (Å²) >= 11 is 0. The molecule has 0 spiro atoms. The van der Waals surface area contributed by atoms with Gasteiger partial charge in [0.1, 0.15) is 0 Å². The Bertz CT molecular complexity index is 573. The zero-order valence-corrected chi connectivity index (χ0v) is 11.6. The van der Waals surface area contributed by atoms with Crippen molar-refractivity contribution in [2.75, 3.05) is 18.0 Å². The molecule has 0 aliphatic carbocycles. The Labute approximate surface area is 121 Å². The predicted octanol–water partition coefficient (Wildman–Crippen LogP) is 0.232. The SMILES string of the molecule is CC(=O)NNC(=O)CN1CCC(C(=O)O)c2ccccc21. The third-order valence-corrected chi connectivity index (χ3v) is 3.35. The fourth-order valence-electron chi connectivity index (χ4n) is 2.42. The zero-order chi connectivity index (χ0) is 15.4. The fraction of sp³-hybridized carbons (Fsp3) is 0.357. The van der Waals surface area contributed by atoms with Crippen molar-refractivity contribution in [3.63, 3.8) is 0 Å². The summed E-state index contributed by atoms with van der Waals surface area (Å²) in [6.45, 7) is 1.83. The standard InChI is InChI=1S/C14H17N3O4/c1-9(18)15-16-13(19)8-17-7-6-11(14(20)21)10-4-2-3-5-12(10)17/h2-5,11H,6-8H2,1H3,(H,15,18)(H,16,19)(H,20,21). The number of fused-ring (bicyclic) bond motifs is 1. The number of benzene rings is 1.